The first kappa shape index (κ1) is 21.1. The van der Waals surface area contributed by atoms with Gasteiger partial charge in [-0.3, -0.25) is 4.99 Å². The van der Waals surface area contributed by atoms with Crippen molar-refractivity contribution in [3.8, 4) is 0 Å². The number of guanidine groups is 1. The SMILES string of the molecule is CN=C(NCc1cccc(N(C)C)c1)NCc1oc2ccccc2c1C.I. The normalized spacial score (nSPS) is 11.2. The molecule has 0 spiro atoms. The van der Waals surface area contributed by atoms with E-state index in [0.29, 0.717) is 13.1 Å². The van der Waals surface area contributed by atoms with Crippen LogP contribution >= 0.6 is 24.0 Å². The topological polar surface area (TPSA) is 52.8 Å². The van der Waals surface area contributed by atoms with Crippen molar-refractivity contribution in [1.82, 2.24) is 10.6 Å². The fourth-order valence-electron chi connectivity index (χ4n) is 2.91. The number of anilines is 1. The van der Waals surface area contributed by atoms with Gasteiger partial charge >= 0.3 is 0 Å². The molecule has 2 aromatic carbocycles. The summed E-state index contributed by atoms with van der Waals surface area (Å²) in [6.07, 6.45) is 0. The molecule has 144 valence electrons. The van der Waals surface area contributed by atoms with E-state index < -0.39 is 0 Å². The third kappa shape index (κ3) is 5.15. The van der Waals surface area contributed by atoms with Gasteiger partial charge in [-0.1, -0.05) is 30.3 Å². The molecule has 3 rings (SSSR count). The molecule has 6 heteroatoms. The van der Waals surface area contributed by atoms with Gasteiger partial charge in [0, 0.05) is 44.3 Å². The van der Waals surface area contributed by atoms with Gasteiger partial charge in [-0.25, -0.2) is 0 Å². The molecule has 1 aromatic heterocycles. The summed E-state index contributed by atoms with van der Waals surface area (Å²) in [5.41, 5.74) is 4.48. The van der Waals surface area contributed by atoms with E-state index in [-0.39, 0.29) is 24.0 Å². The first-order chi connectivity index (χ1) is 12.6. The minimum Gasteiger partial charge on any atom is -0.459 e. The van der Waals surface area contributed by atoms with Gasteiger partial charge in [0.2, 0.25) is 0 Å². The lowest BCUT2D eigenvalue weighted by Crippen LogP contribution is -2.36. The van der Waals surface area contributed by atoms with Crippen molar-refractivity contribution in [2.24, 2.45) is 4.99 Å². The summed E-state index contributed by atoms with van der Waals surface area (Å²) in [5.74, 6) is 1.68. The standard InChI is InChI=1S/C21H26N4O.HI/c1-15-18-10-5-6-11-19(18)26-20(15)14-24-21(22-2)23-13-16-8-7-9-17(12-16)25(3)4;/h5-12H,13-14H2,1-4H3,(H2,22,23,24);1H. The number of para-hydroxylation sites is 1. The molecule has 0 fully saturated rings. The third-order valence-electron chi connectivity index (χ3n) is 4.47. The summed E-state index contributed by atoms with van der Waals surface area (Å²) in [6.45, 7) is 3.39. The van der Waals surface area contributed by atoms with Crippen molar-refractivity contribution in [3.05, 3.63) is 65.4 Å². The number of aryl methyl sites for hydroxylation is 1. The number of halogens is 1. The first-order valence-electron chi connectivity index (χ1n) is 8.76. The Morgan fingerprint density at radius 1 is 1.04 bits per heavy atom. The van der Waals surface area contributed by atoms with Crippen molar-refractivity contribution in [3.63, 3.8) is 0 Å². The molecular weight excluding hydrogens is 451 g/mol. The third-order valence-corrected chi connectivity index (χ3v) is 4.47. The monoisotopic (exact) mass is 478 g/mol. The largest absolute Gasteiger partial charge is 0.459 e. The van der Waals surface area contributed by atoms with Gasteiger partial charge in [-0.05, 0) is 30.7 Å². The number of fused-ring (bicyclic) bond motifs is 1. The summed E-state index contributed by atoms with van der Waals surface area (Å²) in [4.78, 5) is 6.40. The second-order valence-corrected chi connectivity index (χ2v) is 6.49. The molecule has 0 saturated heterocycles. The van der Waals surface area contributed by atoms with Crippen LogP contribution in [0.15, 0.2) is 57.9 Å². The van der Waals surface area contributed by atoms with Crippen molar-refractivity contribution < 1.29 is 4.42 Å². The predicted octanol–water partition coefficient (Wildman–Crippen LogP) is 4.29. The van der Waals surface area contributed by atoms with E-state index in [1.807, 2.05) is 32.3 Å². The average molecular weight is 478 g/mol. The summed E-state index contributed by atoms with van der Waals surface area (Å²) in [6, 6.07) is 16.6. The molecule has 0 aliphatic carbocycles. The van der Waals surface area contributed by atoms with E-state index in [4.69, 9.17) is 4.42 Å². The van der Waals surface area contributed by atoms with Crippen LogP contribution < -0.4 is 15.5 Å². The van der Waals surface area contributed by atoms with Crippen LogP contribution in [0.5, 0.6) is 0 Å². The van der Waals surface area contributed by atoms with Gasteiger partial charge in [0.1, 0.15) is 11.3 Å². The average Bonchev–Trinajstić information content (AvgIpc) is 2.98. The number of rotatable bonds is 5. The quantitative estimate of drug-likeness (QED) is 0.327. The van der Waals surface area contributed by atoms with Crippen molar-refractivity contribution >= 4 is 46.6 Å². The zero-order valence-electron chi connectivity index (χ0n) is 16.2. The molecule has 0 aliphatic rings. The smallest absolute Gasteiger partial charge is 0.191 e. The Bertz CT molecular complexity index is 917. The Hall–Kier alpha value is -2.22. The highest BCUT2D eigenvalue weighted by molar-refractivity contribution is 14.0. The Morgan fingerprint density at radius 3 is 2.48 bits per heavy atom. The molecule has 1 heterocycles. The Labute approximate surface area is 177 Å². The lowest BCUT2D eigenvalue weighted by Gasteiger charge is -2.15. The number of nitrogens with zero attached hydrogens (tertiary/aromatic N) is 2. The molecule has 27 heavy (non-hydrogen) atoms. The van der Waals surface area contributed by atoms with Gasteiger partial charge in [0.15, 0.2) is 5.96 Å². The molecule has 0 atom stereocenters. The molecule has 0 unspecified atom stereocenters. The minimum atomic E-state index is 0. The fourth-order valence-corrected chi connectivity index (χ4v) is 2.91. The molecule has 0 aliphatic heterocycles. The lowest BCUT2D eigenvalue weighted by molar-refractivity contribution is 0.534. The second kappa shape index (κ2) is 9.64. The molecule has 2 N–H and O–H groups in total. The Morgan fingerprint density at radius 2 is 1.78 bits per heavy atom. The highest BCUT2D eigenvalue weighted by Gasteiger charge is 2.10. The van der Waals surface area contributed by atoms with Gasteiger partial charge in [0.25, 0.3) is 0 Å². The molecule has 3 aromatic rings. The molecule has 5 nitrogen and oxygen atoms in total. The van der Waals surface area contributed by atoms with E-state index in [0.717, 1.165) is 22.7 Å². The van der Waals surface area contributed by atoms with Crippen LogP contribution in [-0.4, -0.2) is 27.1 Å². The van der Waals surface area contributed by atoms with Crippen LogP contribution in [0.1, 0.15) is 16.9 Å². The highest BCUT2D eigenvalue weighted by Crippen LogP contribution is 2.24. The van der Waals surface area contributed by atoms with Gasteiger partial charge < -0.3 is 20.0 Å². The second-order valence-electron chi connectivity index (χ2n) is 6.49. The molecule has 0 bridgehead atoms. The van der Waals surface area contributed by atoms with E-state index in [9.17, 15) is 0 Å². The summed E-state index contributed by atoms with van der Waals surface area (Å²) >= 11 is 0. The number of nitrogens with one attached hydrogen (secondary N) is 2. The van der Waals surface area contributed by atoms with E-state index in [1.165, 1.54) is 16.8 Å². The van der Waals surface area contributed by atoms with E-state index >= 15 is 0 Å². The number of benzene rings is 2. The van der Waals surface area contributed by atoms with Gasteiger partial charge in [-0.15, -0.1) is 24.0 Å². The van der Waals surface area contributed by atoms with Crippen LogP contribution in [0.4, 0.5) is 5.69 Å². The summed E-state index contributed by atoms with van der Waals surface area (Å²) in [5, 5.41) is 7.84. The van der Waals surface area contributed by atoms with Crippen molar-refractivity contribution in [2.75, 3.05) is 26.0 Å². The number of hydrogen-bond donors (Lipinski definition) is 2. The Kier molecular flexibility index (Phi) is 7.53. The number of hydrogen-bond acceptors (Lipinski definition) is 3. The number of aliphatic imine (C=N–C) groups is 1. The highest BCUT2D eigenvalue weighted by atomic mass is 127. The van der Waals surface area contributed by atoms with Crippen LogP contribution in [-0.2, 0) is 13.1 Å². The minimum absolute atomic E-state index is 0. The van der Waals surface area contributed by atoms with Crippen molar-refractivity contribution in [1.29, 1.82) is 0 Å². The van der Waals surface area contributed by atoms with Gasteiger partial charge in [-0.2, -0.15) is 0 Å². The van der Waals surface area contributed by atoms with Crippen LogP contribution in [0, 0.1) is 6.92 Å². The zero-order valence-corrected chi connectivity index (χ0v) is 18.6. The summed E-state index contributed by atoms with van der Waals surface area (Å²) < 4.78 is 5.95. The van der Waals surface area contributed by atoms with E-state index in [1.54, 1.807) is 7.05 Å². The zero-order chi connectivity index (χ0) is 18.5. The molecule has 0 amide bonds. The fraction of sp³-hybridized carbons (Fsp3) is 0.286. The maximum atomic E-state index is 5.95. The maximum Gasteiger partial charge on any atom is 0.191 e. The molecule has 0 radical (unpaired) electrons. The van der Waals surface area contributed by atoms with E-state index in [2.05, 4.69) is 57.8 Å². The van der Waals surface area contributed by atoms with Gasteiger partial charge in [0.05, 0.1) is 6.54 Å². The van der Waals surface area contributed by atoms with Crippen molar-refractivity contribution in [2.45, 2.75) is 20.0 Å². The number of furan rings is 1. The summed E-state index contributed by atoms with van der Waals surface area (Å²) in [7, 11) is 5.86. The van der Waals surface area contributed by atoms with Crippen LogP contribution in [0.3, 0.4) is 0 Å². The van der Waals surface area contributed by atoms with Crippen LogP contribution in [0.25, 0.3) is 11.0 Å². The maximum absolute atomic E-state index is 5.95. The van der Waals surface area contributed by atoms with Crippen LogP contribution in [0.2, 0.25) is 0 Å². The first-order valence-corrected chi connectivity index (χ1v) is 8.76. The Balaban J connectivity index is 0.00000261. The lowest BCUT2D eigenvalue weighted by atomic mass is 10.1. The predicted molar refractivity (Wildman–Crippen MR) is 124 cm³/mol. The molecular formula is C21H27IN4O. The molecule has 0 saturated carbocycles.